The molecule has 0 aliphatic carbocycles. The Labute approximate surface area is 122 Å². The SMILES string of the molecule is CCCNc1cnc(C(=O)Nc2ccccc2C#N)cn1. The van der Waals surface area contributed by atoms with Crippen molar-refractivity contribution in [1.29, 1.82) is 5.26 Å². The highest BCUT2D eigenvalue weighted by Gasteiger charge is 2.10. The summed E-state index contributed by atoms with van der Waals surface area (Å²) >= 11 is 0. The number of nitrogens with one attached hydrogen (secondary N) is 2. The van der Waals surface area contributed by atoms with Crippen LogP contribution in [0.3, 0.4) is 0 Å². The Morgan fingerprint density at radius 2 is 2.10 bits per heavy atom. The third-order valence-corrected chi connectivity index (χ3v) is 2.74. The first-order chi connectivity index (χ1) is 10.2. The molecule has 0 saturated carbocycles. The van der Waals surface area contributed by atoms with Gasteiger partial charge in [-0.25, -0.2) is 9.97 Å². The second-order valence-corrected chi connectivity index (χ2v) is 4.33. The quantitative estimate of drug-likeness (QED) is 0.878. The van der Waals surface area contributed by atoms with Gasteiger partial charge in [0.1, 0.15) is 17.6 Å². The van der Waals surface area contributed by atoms with E-state index in [0.717, 1.165) is 13.0 Å². The number of aromatic nitrogens is 2. The number of para-hydroxylation sites is 1. The second-order valence-electron chi connectivity index (χ2n) is 4.33. The minimum atomic E-state index is -0.396. The molecule has 1 aromatic heterocycles. The van der Waals surface area contributed by atoms with Crippen molar-refractivity contribution < 1.29 is 4.79 Å². The molecule has 2 N–H and O–H groups in total. The number of hydrogen-bond acceptors (Lipinski definition) is 5. The second kappa shape index (κ2) is 7.01. The lowest BCUT2D eigenvalue weighted by Gasteiger charge is -2.07. The lowest BCUT2D eigenvalue weighted by atomic mass is 10.2. The monoisotopic (exact) mass is 281 g/mol. The highest BCUT2D eigenvalue weighted by Crippen LogP contribution is 2.14. The lowest BCUT2D eigenvalue weighted by Crippen LogP contribution is -2.15. The lowest BCUT2D eigenvalue weighted by molar-refractivity contribution is 0.102. The number of amides is 1. The molecule has 0 bridgehead atoms. The topological polar surface area (TPSA) is 90.7 Å². The van der Waals surface area contributed by atoms with E-state index >= 15 is 0 Å². The number of rotatable bonds is 5. The van der Waals surface area contributed by atoms with Crippen molar-refractivity contribution >= 4 is 17.4 Å². The Hall–Kier alpha value is -2.94. The summed E-state index contributed by atoms with van der Waals surface area (Å²) in [7, 11) is 0. The number of hydrogen-bond donors (Lipinski definition) is 2. The Morgan fingerprint density at radius 1 is 1.29 bits per heavy atom. The number of carbonyl (C=O) groups is 1. The molecule has 0 radical (unpaired) electrons. The number of nitriles is 1. The van der Waals surface area contributed by atoms with Gasteiger partial charge < -0.3 is 10.6 Å². The fourth-order valence-electron chi connectivity index (χ4n) is 1.67. The molecule has 0 unspecified atom stereocenters. The molecule has 0 saturated heterocycles. The predicted octanol–water partition coefficient (Wildman–Crippen LogP) is 2.42. The number of nitrogens with zero attached hydrogens (tertiary/aromatic N) is 3. The molecule has 1 aromatic carbocycles. The first-order valence-electron chi connectivity index (χ1n) is 6.61. The van der Waals surface area contributed by atoms with E-state index in [4.69, 9.17) is 5.26 Å². The first kappa shape index (κ1) is 14.5. The smallest absolute Gasteiger partial charge is 0.275 e. The molecule has 1 heterocycles. The summed E-state index contributed by atoms with van der Waals surface area (Å²) in [5.41, 5.74) is 1.06. The predicted molar refractivity (Wildman–Crippen MR) is 79.9 cm³/mol. The Bertz CT molecular complexity index is 661. The number of carbonyl (C=O) groups excluding carboxylic acids is 1. The normalized spacial score (nSPS) is 9.71. The van der Waals surface area contributed by atoms with E-state index in [9.17, 15) is 4.79 Å². The van der Waals surface area contributed by atoms with Gasteiger partial charge in [-0.05, 0) is 18.6 Å². The Kier molecular flexibility index (Phi) is 4.83. The summed E-state index contributed by atoms with van der Waals surface area (Å²) in [5.74, 6) is 0.234. The van der Waals surface area contributed by atoms with E-state index in [1.807, 2.05) is 6.07 Å². The molecular formula is C15H15N5O. The van der Waals surface area contributed by atoms with Gasteiger partial charge in [0.2, 0.25) is 0 Å². The molecule has 0 aliphatic rings. The van der Waals surface area contributed by atoms with Crippen LogP contribution in [0, 0.1) is 11.3 Å². The molecule has 6 heteroatoms. The van der Waals surface area contributed by atoms with E-state index in [2.05, 4.69) is 27.5 Å². The molecule has 106 valence electrons. The third kappa shape index (κ3) is 3.76. The van der Waals surface area contributed by atoms with E-state index in [1.165, 1.54) is 12.4 Å². The van der Waals surface area contributed by atoms with Gasteiger partial charge in [-0.2, -0.15) is 5.26 Å². The maximum atomic E-state index is 12.1. The molecule has 0 atom stereocenters. The average Bonchev–Trinajstić information content (AvgIpc) is 2.54. The van der Waals surface area contributed by atoms with Crippen molar-refractivity contribution in [2.75, 3.05) is 17.2 Å². The van der Waals surface area contributed by atoms with Crippen molar-refractivity contribution in [2.45, 2.75) is 13.3 Å². The summed E-state index contributed by atoms with van der Waals surface area (Å²) < 4.78 is 0. The van der Waals surface area contributed by atoms with E-state index in [0.29, 0.717) is 17.1 Å². The van der Waals surface area contributed by atoms with Gasteiger partial charge in [-0.15, -0.1) is 0 Å². The fourth-order valence-corrected chi connectivity index (χ4v) is 1.67. The van der Waals surface area contributed by atoms with Crippen LogP contribution in [0.25, 0.3) is 0 Å². The maximum Gasteiger partial charge on any atom is 0.275 e. The van der Waals surface area contributed by atoms with Gasteiger partial charge in [0.15, 0.2) is 0 Å². The summed E-state index contributed by atoms with van der Waals surface area (Å²) in [6, 6.07) is 8.82. The van der Waals surface area contributed by atoms with Crippen molar-refractivity contribution in [3.63, 3.8) is 0 Å². The van der Waals surface area contributed by atoms with Gasteiger partial charge in [0, 0.05) is 6.54 Å². The third-order valence-electron chi connectivity index (χ3n) is 2.74. The van der Waals surface area contributed by atoms with E-state index in [-0.39, 0.29) is 5.69 Å². The first-order valence-corrected chi connectivity index (χ1v) is 6.61. The Balaban J connectivity index is 2.08. The van der Waals surface area contributed by atoms with Crippen LogP contribution in [0.15, 0.2) is 36.7 Å². The molecule has 6 nitrogen and oxygen atoms in total. The van der Waals surface area contributed by atoms with Crippen LogP contribution in [0.1, 0.15) is 29.4 Å². The maximum absolute atomic E-state index is 12.1. The van der Waals surface area contributed by atoms with Crippen LogP contribution in [-0.2, 0) is 0 Å². The molecular weight excluding hydrogens is 266 g/mol. The molecule has 0 aliphatic heterocycles. The number of benzene rings is 1. The molecule has 2 aromatic rings. The van der Waals surface area contributed by atoms with Crippen LogP contribution >= 0.6 is 0 Å². The van der Waals surface area contributed by atoms with E-state index in [1.54, 1.807) is 24.3 Å². The van der Waals surface area contributed by atoms with Crippen molar-refractivity contribution in [3.8, 4) is 6.07 Å². The average molecular weight is 281 g/mol. The zero-order valence-electron chi connectivity index (χ0n) is 11.6. The van der Waals surface area contributed by atoms with Gasteiger partial charge in [0.05, 0.1) is 23.6 Å². The molecule has 1 amide bonds. The minimum Gasteiger partial charge on any atom is -0.369 e. The largest absolute Gasteiger partial charge is 0.369 e. The summed E-state index contributed by atoms with van der Waals surface area (Å²) in [4.78, 5) is 20.2. The standard InChI is InChI=1S/C15H15N5O/c1-2-7-17-14-10-18-13(9-19-14)15(21)20-12-6-4-3-5-11(12)8-16/h3-6,9-10H,2,7H2,1H3,(H,17,19)(H,20,21). The van der Waals surface area contributed by atoms with Crippen LogP contribution in [0.2, 0.25) is 0 Å². The zero-order valence-corrected chi connectivity index (χ0v) is 11.6. The van der Waals surface area contributed by atoms with Gasteiger partial charge in [-0.1, -0.05) is 19.1 Å². The van der Waals surface area contributed by atoms with Crippen LogP contribution in [0.5, 0.6) is 0 Å². The van der Waals surface area contributed by atoms with E-state index < -0.39 is 5.91 Å². The molecule has 0 fully saturated rings. The number of anilines is 2. The summed E-state index contributed by atoms with van der Waals surface area (Å²) in [6.45, 7) is 2.85. The minimum absolute atomic E-state index is 0.199. The van der Waals surface area contributed by atoms with Crippen LogP contribution in [0.4, 0.5) is 11.5 Å². The Morgan fingerprint density at radius 3 is 2.76 bits per heavy atom. The van der Waals surface area contributed by atoms with Crippen molar-refractivity contribution in [3.05, 3.63) is 47.9 Å². The van der Waals surface area contributed by atoms with Crippen molar-refractivity contribution in [1.82, 2.24) is 9.97 Å². The van der Waals surface area contributed by atoms with Gasteiger partial charge in [0.25, 0.3) is 5.91 Å². The highest BCUT2D eigenvalue weighted by molar-refractivity contribution is 6.03. The summed E-state index contributed by atoms with van der Waals surface area (Å²) in [5, 5.41) is 14.7. The van der Waals surface area contributed by atoms with Gasteiger partial charge in [-0.3, -0.25) is 4.79 Å². The van der Waals surface area contributed by atoms with Crippen LogP contribution < -0.4 is 10.6 Å². The molecule has 21 heavy (non-hydrogen) atoms. The highest BCUT2D eigenvalue weighted by atomic mass is 16.1. The summed E-state index contributed by atoms with van der Waals surface area (Å²) in [6.07, 6.45) is 3.90. The zero-order chi connectivity index (χ0) is 15.1. The van der Waals surface area contributed by atoms with Gasteiger partial charge >= 0.3 is 0 Å². The van der Waals surface area contributed by atoms with Crippen molar-refractivity contribution in [2.24, 2.45) is 0 Å². The molecule has 0 spiro atoms. The fraction of sp³-hybridized carbons (Fsp3) is 0.200. The molecule has 2 rings (SSSR count). The van der Waals surface area contributed by atoms with Crippen LogP contribution in [-0.4, -0.2) is 22.4 Å².